The van der Waals surface area contributed by atoms with Crippen LogP contribution in [0.5, 0.6) is 0 Å². The third-order valence-electron chi connectivity index (χ3n) is 5.06. The largest absolute Gasteiger partial charge is 0.467 e. The molecule has 4 rings (SSSR count). The molecule has 2 aromatic carbocycles. The number of aryl methyl sites for hydroxylation is 1. The van der Waals surface area contributed by atoms with Crippen molar-refractivity contribution in [1.82, 2.24) is 15.0 Å². The molecule has 2 heterocycles. The number of benzene rings is 2. The second kappa shape index (κ2) is 8.79. The number of aromatic amines is 1. The highest BCUT2D eigenvalue weighted by atomic mass is 32.2. The van der Waals surface area contributed by atoms with Gasteiger partial charge in [0.15, 0.2) is 0 Å². The van der Waals surface area contributed by atoms with Crippen LogP contribution in [0.2, 0.25) is 0 Å². The number of aromatic nitrogens is 1. The monoisotopic (exact) mass is 437 g/mol. The number of hydrogen-bond acceptors (Lipinski definition) is 4. The van der Waals surface area contributed by atoms with Gasteiger partial charge in [-0.15, -0.1) is 0 Å². The summed E-state index contributed by atoms with van der Waals surface area (Å²) < 4.78 is 33.8. The normalized spacial score (nSPS) is 12.7. The number of hydrogen-bond donors (Lipinski definition) is 3. The highest BCUT2D eigenvalue weighted by Crippen LogP contribution is 2.20. The summed E-state index contributed by atoms with van der Waals surface area (Å²) in [6.45, 7) is 2.05. The predicted molar refractivity (Wildman–Crippen MR) is 118 cm³/mol. The maximum absolute atomic E-state index is 13.0. The number of rotatable bonds is 8. The molecule has 0 spiro atoms. The molecule has 7 nitrogen and oxygen atoms in total. The molecule has 0 aliphatic heterocycles. The number of sulfonamides is 1. The van der Waals surface area contributed by atoms with Crippen LogP contribution in [0.3, 0.4) is 0 Å². The number of amides is 1. The highest BCUT2D eigenvalue weighted by Gasteiger charge is 2.27. The first-order valence-electron chi connectivity index (χ1n) is 9.86. The first-order chi connectivity index (χ1) is 14.9. The van der Waals surface area contributed by atoms with Crippen molar-refractivity contribution in [2.75, 3.05) is 0 Å². The fourth-order valence-corrected chi connectivity index (χ4v) is 4.59. The molecule has 3 N–H and O–H groups in total. The van der Waals surface area contributed by atoms with Gasteiger partial charge < -0.3 is 14.7 Å². The standard InChI is InChI=1S/C23H23N3O4S/c1-16-8-10-19(11-9-16)31(28,29)26-22(23(27)25-15-18-5-4-12-30-18)13-17-14-24-21-7-3-2-6-20(17)21/h2-12,14,22,24,26H,13,15H2,1H3,(H,25,27)/t22-/m0/s1. The van der Waals surface area contributed by atoms with Crippen molar-refractivity contribution >= 4 is 26.8 Å². The van der Waals surface area contributed by atoms with E-state index >= 15 is 0 Å². The van der Waals surface area contributed by atoms with E-state index in [0.717, 1.165) is 22.0 Å². The Kier molecular flexibility index (Phi) is 5.92. The van der Waals surface area contributed by atoms with E-state index in [9.17, 15) is 13.2 Å². The van der Waals surface area contributed by atoms with Gasteiger partial charge in [-0.2, -0.15) is 4.72 Å². The van der Waals surface area contributed by atoms with Gasteiger partial charge in [-0.3, -0.25) is 4.79 Å². The molecule has 160 valence electrons. The Bertz CT molecular complexity index is 1280. The Labute approximate surface area is 180 Å². The van der Waals surface area contributed by atoms with Gasteiger partial charge >= 0.3 is 0 Å². The van der Waals surface area contributed by atoms with E-state index in [0.29, 0.717) is 5.76 Å². The molecule has 2 aromatic heterocycles. The van der Waals surface area contributed by atoms with Crippen LogP contribution in [0, 0.1) is 6.92 Å². The summed E-state index contributed by atoms with van der Waals surface area (Å²) in [5, 5.41) is 3.70. The number of furan rings is 1. The highest BCUT2D eigenvalue weighted by molar-refractivity contribution is 7.89. The third-order valence-corrected chi connectivity index (χ3v) is 6.55. The molecule has 0 saturated heterocycles. The summed E-state index contributed by atoms with van der Waals surface area (Å²) in [7, 11) is -3.89. The minimum absolute atomic E-state index is 0.112. The molecule has 0 fully saturated rings. The van der Waals surface area contributed by atoms with Crippen LogP contribution in [0.1, 0.15) is 16.9 Å². The van der Waals surface area contributed by atoms with Crippen molar-refractivity contribution in [2.45, 2.75) is 30.8 Å². The zero-order chi connectivity index (χ0) is 21.8. The number of fused-ring (bicyclic) bond motifs is 1. The van der Waals surface area contributed by atoms with Crippen molar-refractivity contribution in [1.29, 1.82) is 0 Å². The lowest BCUT2D eigenvalue weighted by Gasteiger charge is -2.18. The van der Waals surface area contributed by atoms with Gasteiger partial charge in [-0.1, -0.05) is 35.9 Å². The van der Waals surface area contributed by atoms with Crippen LogP contribution >= 0.6 is 0 Å². The fourth-order valence-electron chi connectivity index (χ4n) is 3.39. The SMILES string of the molecule is Cc1ccc(S(=O)(=O)N[C@@H](Cc2c[nH]c3ccccc23)C(=O)NCc2ccco2)cc1. The Hall–Kier alpha value is -3.36. The van der Waals surface area contributed by atoms with Gasteiger partial charge in [0.1, 0.15) is 11.8 Å². The summed E-state index contributed by atoms with van der Waals surface area (Å²) in [6.07, 6.45) is 3.52. The molecule has 0 unspecified atom stereocenters. The molecule has 1 amide bonds. The second-order valence-corrected chi connectivity index (χ2v) is 9.06. The van der Waals surface area contributed by atoms with Crippen LogP contribution in [-0.2, 0) is 27.8 Å². The molecular formula is C23H23N3O4S. The topological polar surface area (TPSA) is 104 Å². The third kappa shape index (κ3) is 4.87. The molecule has 4 aromatic rings. The van der Waals surface area contributed by atoms with Crippen molar-refractivity contribution in [3.05, 3.63) is 90.0 Å². The minimum Gasteiger partial charge on any atom is -0.467 e. The quantitative estimate of drug-likeness (QED) is 0.393. The van der Waals surface area contributed by atoms with E-state index in [1.54, 1.807) is 30.5 Å². The average molecular weight is 438 g/mol. The number of carbonyl (C=O) groups is 1. The van der Waals surface area contributed by atoms with E-state index < -0.39 is 22.0 Å². The first-order valence-corrected chi connectivity index (χ1v) is 11.3. The fraction of sp³-hybridized carbons (Fsp3) is 0.174. The van der Waals surface area contributed by atoms with Gasteiger partial charge in [0, 0.05) is 17.1 Å². The van der Waals surface area contributed by atoms with Crippen molar-refractivity contribution < 1.29 is 17.6 Å². The maximum Gasteiger partial charge on any atom is 0.241 e. The summed E-state index contributed by atoms with van der Waals surface area (Å²) in [6, 6.07) is 16.7. The van der Waals surface area contributed by atoms with E-state index in [1.165, 1.54) is 18.4 Å². The van der Waals surface area contributed by atoms with Crippen LogP contribution in [0.15, 0.2) is 82.4 Å². The van der Waals surface area contributed by atoms with Crippen LogP contribution in [0.25, 0.3) is 10.9 Å². The van der Waals surface area contributed by atoms with E-state index in [2.05, 4.69) is 15.0 Å². The smallest absolute Gasteiger partial charge is 0.241 e. The van der Waals surface area contributed by atoms with Crippen LogP contribution in [0.4, 0.5) is 0 Å². The van der Waals surface area contributed by atoms with Crippen LogP contribution in [-0.4, -0.2) is 25.4 Å². The number of H-pyrrole nitrogens is 1. The first kappa shape index (κ1) is 20.9. The summed E-state index contributed by atoms with van der Waals surface area (Å²) in [4.78, 5) is 16.2. The Morgan fingerprint density at radius 1 is 1.06 bits per heavy atom. The second-order valence-electron chi connectivity index (χ2n) is 7.35. The van der Waals surface area contributed by atoms with Gasteiger partial charge in [0.25, 0.3) is 0 Å². The Morgan fingerprint density at radius 3 is 2.58 bits per heavy atom. The predicted octanol–water partition coefficient (Wildman–Crippen LogP) is 3.28. The zero-order valence-electron chi connectivity index (χ0n) is 17.0. The number of nitrogens with one attached hydrogen (secondary N) is 3. The van der Waals surface area contributed by atoms with E-state index in [1.807, 2.05) is 31.2 Å². The van der Waals surface area contributed by atoms with Crippen molar-refractivity contribution in [3.63, 3.8) is 0 Å². The van der Waals surface area contributed by atoms with Crippen molar-refractivity contribution in [2.24, 2.45) is 0 Å². The molecular weight excluding hydrogens is 414 g/mol. The van der Waals surface area contributed by atoms with Crippen LogP contribution < -0.4 is 10.0 Å². The number of carbonyl (C=O) groups excluding carboxylic acids is 1. The maximum atomic E-state index is 13.0. The Morgan fingerprint density at radius 2 is 1.84 bits per heavy atom. The summed E-state index contributed by atoms with van der Waals surface area (Å²) in [5.41, 5.74) is 2.72. The van der Waals surface area contributed by atoms with Gasteiger partial charge in [0.05, 0.1) is 17.7 Å². The van der Waals surface area contributed by atoms with E-state index in [-0.39, 0.29) is 17.9 Å². The van der Waals surface area contributed by atoms with Crippen molar-refractivity contribution in [3.8, 4) is 0 Å². The minimum atomic E-state index is -3.89. The molecule has 0 radical (unpaired) electrons. The average Bonchev–Trinajstić information content (AvgIpc) is 3.42. The lowest BCUT2D eigenvalue weighted by Crippen LogP contribution is -2.47. The molecule has 0 aliphatic carbocycles. The van der Waals surface area contributed by atoms with Gasteiger partial charge in [0.2, 0.25) is 15.9 Å². The zero-order valence-corrected chi connectivity index (χ0v) is 17.8. The summed E-state index contributed by atoms with van der Waals surface area (Å²) >= 11 is 0. The summed E-state index contributed by atoms with van der Waals surface area (Å²) in [5.74, 6) is 0.151. The van der Waals surface area contributed by atoms with E-state index in [4.69, 9.17) is 4.42 Å². The van der Waals surface area contributed by atoms with Gasteiger partial charge in [-0.05, 0) is 49.2 Å². The molecule has 0 bridgehead atoms. The molecule has 8 heteroatoms. The number of para-hydroxylation sites is 1. The lowest BCUT2D eigenvalue weighted by molar-refractivity contribution is -0.122. The molecule has 31 heavy (non-hydrogen) atoms. The molecule has 1 atom stereocenters. The van der Waals surface area contributed by atoms with Gasteiger partial charge in [-0.25, -0.2) is 8.42 Å². The molecule has 0 saturated carbocycles. The Balaban J connectivity index is 1.59. The molecule has 0 aliphatic rings. The lowest BCUT2D eigenvalue weighted by atomic mass is 10.1.